The van der Waals surface area contributed by atoms with E-state index in [0.717, 1.165) is 13.0 Å². The van der Waals surface area contributed by atoms with Gasteiger partial charge in [0.1, 0.15) is 0 Å². The summed E-state index contributed by atoms with van der Waals surface area (Å²) < 4.78 is 0. The SMILES string of the molecule is CC1CC(O)C(CN(C)C)C(C)(C)C1. The maximum Gasteiger partial charge on any atom is 0.0588 e. The van der Waals surface area contributed by atoms with Crippen LogP contribution in [0.2, 0.25) is 0 Å². The first-order chi connectivity index (χ1) is 6.33. The summed E-state index contributed by atoms with van der Waals surface area (Å²) in [5, 5.41) is 10.1. The van der Waals surface area contributed by atoms with E-state index in [0.29, 0.717) is 11.8 Å². The van der Waals surface area contributed by atoms with Crippen molar-refractivity contribution in [1.29, 1.82) is 0 Å². The van der Waals surface area contributed by atoms with E-state index in [2.05, 4.69) is 39.8 Å². The second-order valence-electron chi connectivity index (χ2n) is 5.97. The number of rotatable bonds is 2. The molecule has 1 aliphatic rings. The standard InChI is InChI=1S/C12H25NO/c1-9-6-11(14)10(8-13(4)5)12(2,3)7-9/h9-11,14H,6-8H2,1-5H3. The zero-order valence-electron chi connectivity index (χ0n) is 10.2. The highest BCUT2D eigenvalue weighted by atomic mass is 16.3. The van der Waals surface area contributed by atoms with Crippen LogP contribution < -0.4 is 0 Å². The normalized spacial score (nSPS) is 37.5. The van der Waals surface area contributed by atoms with Crippen LogP contribution in [0.3, 0.4) is 0 Å². The molecule has 1 saturated carbocycles. The van der Waals surface area contributed by atoms with Crippen LogP contribution in [0.25, 0.3) is 0 Å². The zero-order valence-corrected chi connectivity index (χ0v) is 10.2. The Morgan fingerprint density at radius 2 is 1.93 bits per heavy atom. The van der Waals surface area contributed by atoms with Gasteiger partial charge in [-0.05, 0) is 38.3 Å². The molecule has 1 aliphatic carbocycles. The van der Waals surface area contributed by atoms with Gasteiger partial charge in [-0.3, -0.25) is 0 Å². The predicted molar refractivity (Wildman–Crippen MR) is 60.2 cm³/mol. The number of nitrogens with zero attached hydrogens (tertiary/aromatic N) is 1. The lowest BCUT2D eigenvalue weighted by atomic mass is 9.64. The zero-order chi connectivity index (χ0) is 10.9. The van der Waals surface area contributed by atoms with E-state index in [1.807, 2.05) is 0 Å². The third-order valence-corrected chi connectivity index (χ3v) is 3.55. The van der Waals surface area contributed by atoms with Crippen molar-refractivity contribution >= 4 is 0 Å². The van der Waals surface area contributed by atoms with Gasteiger partial charge in [-0.25, -0.2) is 0 Å². The summed E-state index contributed by atoms with van der Waals surface area (Å²) in [5.74, 6) is 1.09. The molecule has 1 rings (SSSR count). The summed E-state index contributed by atoms with van der Waals surface area (Å²) >= 11 is 0. The van der Waals surface area contributed by atoms with Crippen LogP contribution in [0.15, 0.2) is 0 Å². The van der Waals surface area contributed by atoms with Crippen molar-refractivity contribution in [2.75, 3.05) is 20.6 Å². The summed E-state index contributed by atoms with van der Waals surface area (Å²) in [6.07, 6.45) is 2.10. The molecule has 14 heavy (non-hydrogen) atoms. The van der Waals surface area contributed by atoms with E-state index in [-0.39, 0.29) is 11.5 Å². The molecular formula is C12H25NO. The molecule has 1 N–H and O–H groups in total. The van der Waals surface area contributed by atoms with E-state index < -0.39 is 0 Å². The van der Waals surface area contributed by atoms with Gasteiger partial charge in [-0.2, -0.15) is 0 Å². The molecule has 84 valence electrons. The topological polar surface area (TPSA) is 23.5 Å². The molecule has 1 fully saturated rings. The first kappa shape index (κ1) is 12.0. The number of hydrogen-bond acceptors (Lipinski definition) is 2. The van der Waals surface area contributed by atoms with Crippen molar-refractivity contribution in [2.45, 2.75) is 39.7 Å². The molecule has 3 atom stereocenters. The lowest BCUT2D eigenvalue weighted by molar-refractivity contribution is -0.0404. The summed E-state index contributed by atoms with van der Waals surface area (Å²) in [6.45, 7) is 7.83. The fourth-order valence-electron chi connectivity index (χ4n) is 2.99. The maximum absolute atomic E-state index is 10.1. The first-order valence-electron chi connectivity index (χ1n) is 5.65. The molecule has 0 aromatic heterocycles. The molecule has 2 nitrogen and oxygen atoms in total. The fraction of sp³-hybridized carbons (Fsp3) is 1.00. The Balaban J connectivity index is 2.69. The number of aliphatic hydroxyl groups is 1. The monoisotopic (exact) mass is 199 g/mol. The van der Waals surface area contributed by atoms with Crippen LogP contribution in [0.1, 0.15) is 33.6 Å². The summed E-state index contributed by atoms with van der Waals surface area (Å²) in [4.78, 5) is 2.19. The minimum Gasteiger partial charge on any atom is -0.393 e. The van der Waals surface area contributed by atoms with E-state index in [1.54, 1.807) is 0 Å². The van der Waals surface area contributed by atoms with Crippen LogP contribution in [0, 0.1) is 17.3 Å². The minimum atomic E-state index is -0.115. The van der Waals surface area contributed by atoms with Crippen LogP contribution >= 0.6 is 0 Å². The van der Waals surface area contributed by atoms with E-state index in [4.69, 9.17) is 0 Å². The van der Waals surface area contributed by atoms with E-state index in [9.17, 15) is 5.11 Å². The first-order valence-corrected chi connectivity index (χ1v) is 5.65. The third kappa shape index (κ3) is 2.71. The van der Waals surface area contributed by atoms with Gasteiger partial charge in [0.25, 0.3) is 0 Å². The average molecular weight is 199 g/mol. The average Bonchev–Trinajstić information content (AvgIpc) is 1.95. The Morgan fingerprint density at radius 1 is 1.36 bits per heavy atom. The van der Waals surface area contributed by atoms with Crippen LogP contribution in [0.5, 0.6) is 0 Å². The van der Waals surface area contributed by atoms with E-state index in [1.165, 1.54) is 6.42 Å². The Kier molecular flexibility index (Phi) is 3.59. The van der Waals surface area contributed by atoms with Crippen LogP contribution in [0.4, 0.5) is 0 Å². The van der Waals surface area contributed by atoms with Gasteiger partial charge in [-0.15, -0.1) is 0 Å². The molecule has 0 amide bonds. The quantitative estimate of drug-likeness (QED) is 0.735. The van der Waals surface area contributed by atoms with Gasteiger partial charge < -0.3 is 10.0 Å². The maximum atomic E-state index is 10.1. The van der Waals surface area contributed by atoms with Crippen molar-refractivity contribution in [3.05, 3.63) is 0 Å². The van der Waals surface area contributed by atoms with Gasteiger partial charge in [-0.1, -0.05) is 20.8 Å². The summed E-state index contributed by atoms with van der Waals surface area (Å²) in [6, 6.07) is 0. The van der Waals surface area contributed by atoms with Crippen molar-refractivity contribution in [3.63, 3.8) is 0 Å². The number of hydrogen-bond donors (Lipinski definition) is 1. The lowest BCUT2D eigenvalue weighted by Gasteiger charge is -2.45. The Labute approximate surface area is 88.3 Å². The van der Waals surface area contributed by atoms with Gasteiger partial charge in [0.15, 0.2) is 0 Å². The molecule has 0 bridgehead atoms. The fourth-order valence-corrected chi connectivity index (χ4v) is 2.99. The van der Waals surface area contributed by atoms with Gasteiger partial charge in [0.05, 0.1) is 6.10 Å². The molecule has 0 heterocycles. The highest BCUT2D eigenvalue weighted by molar-refractivity contribution is 4.91. The molecule has 0 aromatic rings. The Bertz CT molecular complexity index is 189. The minimum absolute atomic E-state index is 0.115. The molecular weight excluding hydrogens is 174 g/mol. The molecule has 0 aliphatic heterocycles. The lowest BCUT2D eigenvalue weighted by Crippen LogP contribution is -2.46. The Hall–Kier alpha value is -0.0800. The smallest absolute Gasteiger partial charge is 0.0588 e. The van der Waals surface area contributed by atoms with Crippen molar-refractivity contribution in [1.82, 2.24) is 4.90 Å². The molecule has 0 aromatic carbocycles. The highest BCUT2D eigenvalue weighted by Gasteiger charge is 2.40. The van der Waals surface area contributed by atoms with E-state index >= 15 is 0 Å². The van der Waals surface area contributed by atoms with Crippen LogP contribution in [-0.4, -0.2) is 36.8 Å². The molecule has 0 radical (unpaired) electrons. The largest absolute Gasteiger partial charge is 0.393 e. The third-order valence-electron chi connectivity index (χ3n) is 3.55. The Morgan fingerprint density at radius 3 is 2.36 bits per heavy atom. The van der Waals surface area contributed by atoms with Crippen molar-refractivity contribution in [3.8, 4) is 0 Å². The van der Waals surface area contributed by atoms with Gasteiger partial charge in [0, 0.05) is 12.5 Å². The number of aliphatic hydroxyl groups excluding tert-OH is 1. The summed E-state index contributed by atoms with van der Waals surface area (Å²) in [5.41, 5.74) is 0.279. The summed E-state index contributed by atoms with van der Waals surface area (Å²) in [7, 11) is 4.17. The van der Waals surface area contributed by atoms with Crippen molar-refractivity contribution < 1.29 is 5.11 Å². The van der Waals surface area contributed by atoms with Crippen LogP contribution in [-0.2, 0) is 0 Å². The molecule has 3 unspecified atom stereocenters. The van der Waals surface area contributed by atoms with Gasteiger partial charge in [0.2, 0.25) is 0 Å². The second-order valence-corrected chi connectivity index (χ2v) is 5.97. The molecule has 0 saturated heterocycles. The predicted octanol–water partition coefficient (Wildman–Crippen LogP) is 1.98. The second kappa shape index (κ2) is 4.19. The molecule has 2 heteroatoms. The molecule has 0 spiro atoms. The van der Waals surface area contributed by atoms with Crippen molar-refractivity contribution in [2.24, 2.45) is 17.3 Å². The van der Waals surface area contributed by atoms with Gasteiger partial charge >= 0.3 is 0 Å². The highest BCUT2D eigenvalue weighted by Crippen LogP contribution is 2.43.